The number of benzene rings is 1. The average molecular weight is 353 g/mol. The van der Waals surface area contributed by atoms with Crippen molar-refractivity contribution in [2.24, 2.45) is 5.92 Å². The van der Waals surface area contributed by atoms with Gasteiger partial charge in [0.1, 0.15) is 11.0 Å². The van der Waals surface area contributed by atoms with Gasteiger partial charge in [0.2, 0.25) is 0 Å². The minimum absolute atomic E-state index is 0.0621. The Balaban J connectivity index is 1.56. The van der Waals surface area contributed by atoms with Crippen LogP contribution < -0.4 is 10.6 Å². The van der Waals surface area contributed by atoms with Crippen molar-refractivity contribution in [1.82, 2.24) is 19.0 Å². The molecular weight excluding hydrogens is 334 g/mol. The lowest BCUT2D eigenvalue weighted by atomic mass is 10.1. The molecule has 3 aromatic rings. The van der Waals surface area contributed by atoms with Gasteiger partial charge in [0.15, 0.2) is 0 Å². The number of rotatable bonds is 4. The molecule has 0 saturated heterocycles. The summed E-state index contributed by atoms with van der Waals surface area (Å²) in [5.41, 5.74) is 5.28. The van der Waals surface area contributed by atoms with E-state index in [2.05, 4.69) is 24.4 Å². The molecular formula is C18H19N5OS. The maximum atomic E-state index is 12.6. The van der Waals surface area contributed by atoms with Crippen LogP contribution in [0.3, 0.4) is 0 Å². The molecule has 0 unspecified atom stereocenters. The van der Waals surface area contributed by atoms with Gasteiger partial charge in [-0.05, 0) is 61.9 Å². The highest BCUT2D eigenvalue weighted by Crippen LogP contribution is 2.40. The van der Waals surface area contributed by atoms with Crippen molar-refractivity contribution in [1.29, 1.82) is 0 Å². The predicted molar refractivity (Wildman–Crippen MR) is 98.7 cm³/mol. The van der Waals surface area contributed by atoms with Gasteiger partial charge in [0.05, 0.1) is 29.2 Å². The lowest BCUT2D eigenvalue weighted by Gasteiger charge is -2.19. The van der Waals surface area contributed by atoms with Crippen LogP contribution in [-0.4, -0.2) is 19.8 Å². The van der Waals surface area contributed by atoms with E-state index in [1.54, 1.807) is 6.20 Å². The van der Waals surface area contributed by atoms with E-state index in [9.17, 15) is 4.79 Å². The molecule has 7 heteroatoms. The number of carbonyl (C=O) groups is 1. The van der Waals surface area contributed by atoms with Crippen molar-refractivity contribution in [3.05, 3.63) is 47.3 Å². The summed E-state index contributed by atoms with van der Waals surface area (Å²) in [5, 5.41) is 6.06. The number of aromatic nitrogens is 3. The lowest BCUT2D eigenvalue weighted by Crippen LogP contribution is -2.34. The predicted octanol–water partition coefficient (Wildman–Crippen LogP) is 3.98. The smallest absolute Gasteiger partial charge is 0.319 e. The van der Waals surface area contributed by atoms with Crippen LogP contribution in [0.5, 0.6) is 0 Å². The maximum absolute atomic E-state index is 12.6. The molecule has 2 N–H and O–H groups in total. The molecule has 2 amide bonds. The largest absolute Gasteiger partial charge is 0.329 e. The third-order valence-corrected chi connectivity index (χ3v) is 5.05. The van der Waals surface area contributed by atoms with Crippen LogP contribution >= 0.6 is 11.7 Å². The molecule has 1 atom stereocenters. The number of hydrogen-bond acceptors (Lipinski definition) is 5. The van der Waals surface area contributed by atoms with Crippen LogP contribution in [0.25, 0.3) is 11.0 Å². The van der Waals surface area contributed by atoms with Gasteiger partial charge in [-0.3, -0.25) is 4.98 Å². The summed E-state index contributed by atoms with van der Waals surface area (Å²) >= 11 is 1.15. The zero-order chi connectivity index (χ0) is 17.4. The first-order valence-corrected chi connectivity index (χ1v) is 9.07. The first-order chi connectivity index (χ1) is 12.1. The molecule has 1 aromatic carbocycles. The Hall–Kier alpha value is -2.54. The molecule has 0 spiro atoms. The molecule has 1 fully saturated rings. The number of aryl methyl sites for hydroxylation is 2. The molecule has 6 nitrogen and oxygen atoms in total. The zero-order valence-corrected chi connectivity index (χ0v) is 14.9. The van der Waals surface area contributed by atoms with Gasteiger partial charge in [-0.2, -0.15) is 8.75 Å². The number of anilines is 1. The summed E-state index contributed by atoms with van der Waals surface area (Å²) in [6.45, 7) is 3.99. The molecule has 0 bridgehead atoms. The number of fused-ring (bicyclic) bond motifs is 1. The number of nitrogens with zero attached hydrogens (tertiary/aromatic N) is 3. The fourth-order valence-electron chi connectivity index (χ4n) is 2.99. The van der Waals surface area contributed by atoms with Crippen LogP contribution in [0, 0.1) is 19.8 Å². The quantitative estimate of drug-likeness (QED) is 0.743. The van der Waals surface area contributed by atoms with E-state index in [1.807, 2.05) is 38.1 Å². The summed E-state index contributed by atoms with van der Waals surface area (Å²) in [6.07, 6.45) is 4.03. The monoisotopic (exact) mass is 353 g/mol. The van der Waals surface area contributed by atoms with Crippen molar-refractivity contribution in [3.63, 3.8) is 0 Å². The Morgan fingerprint density at radius 2 is 2.08 bits per heavy atom. The Kier molecular flexibility index (Phi) is 4.09. The molecule has 1 aliphatic rings. The number of hydrogen-bond donors (Lipinski definition) is 2. The molecule has 1 aliphatic carbocycles. The van der Waals surface area contributed by atoms with Crippen molar-refractivity contribution < 1.29 is 4.79 Å². The number of urea groups is 1. The molecule has 128 valence electrons. The Morgan fingerprint density at radius 3 is 2.84 bits per heavy atom. The van der Waals surface area contributed by atoms with Crippen molar-refractivity contribution >= 4 is 34.5 Å². The molecule has 4 rings (SSSR count). The minimum Gasteiger partial charge on any atom is -0.329 e. The highest BCUT2D eigenvalue weighted by molar-refractivity contribution is 7.00. The van der Waals surface area contributed by atoms with Crippen molar-refractivity contribution in [3.8, 4) is 0 Å². The van der Waals surface area contributed by atoms with E-state index in [4.69, 9.17) is 0 Å². The Bertz CT molecular complexity index is 934. The van der Waals surface area contributed by atoms with Gasteiger partial charge < -0.3 is 10.6 Å². The van der Waals surface area contributed by atoms with Crippen molar-refractivity contribution in [2.45, 2.75) is 32.7 Å². The number of carbonyl (C=O) groups excluding carboxylic acids is 1. The SMILES string of the molecule is Cc1ccnc([C@H](NC(=O)Nc2c(C)ccc3nsnc23)C2CC2)c1. The van der Waals surface area contributed by atoms with Gasteiger partial charge in [-0.15, -0.1) is 0 Å². The third-order valence-electron chi connectivity index (χ3n) is 4.51. The molecule has 1 saturated carbocycles. The van der Waals surface area contributed by atoms with Gasteiger partial charge in [-0.25, -0.2) is 4.79 Å². The standard InChI is InChI=1S/C18H19N5OS/c1-10-7-8-19-14(9-10)16(12-4-5-12)21-18(24)20-15-11(2)3-6-13-17(15)23-25-22-13/h3,6-9,12,16H,4-5H2,1-2H3,(H2,20,21,24)/t16-/m1/s1. The second kappa shape index (κ2) is 6.40. The van der Waals surface area contributed by atoms with E-state index >= 15 is 0 Å². The van der Waals surface area contributed by atoms with Gasteiger partial charge in [-0.1, -0.05) is 6.07 Å². The Morgan fingerprint density at radius 1 is 1.24 bits per heavy atom. The fraction of sp³-hybridized carbons (Fsp3) is 0.333. The molecule has 2 heterocycles. The van der Waals surface area contributed by atoms with Crippen LogP contribution in [-0.2, 0) is 0 Å². The van der Waals surface area contributed by atoms with Crippen LogP contribution in [0.2, 0.25) is 0 Å². The Labute approximate surface area is 150 Å². The van der Waals surface area contributed by atoms with E-state index < -0.39 is 0 Å². The second-order valence-corrected chi connectivity index (χ2v) is 7.09. The topological polar surface area (TPSA) is 79.8 Å². The van der Waals surface area contributed by atoms with Gasteiger partial charge in [0.25, 0.3) is 0 Å². The molecule has 0 aliphatic heterocycles. The normalized spacial score (nSPS) is 15.1. The van der Waals surface area contributed by atoms with Crippen molar-refractivity contribution in [2.75, 3.05) is 5.32 Å². The van der Waals surface area contributed by atoms with E-state index in [0.717, 1.165) is 58.1 Å². The number of nitrogens with one attached hydrogen (secondary N) is 2. The number of amides is 2. The lowest BCUT2D eigenvalue weighted by molar-refractivity contribution is 0.246. The fourth-order valence-corrected chi connectivity index (χ4v) is 3.54. The van der Waals surface area contributed by atoms with Gasteiger partial charge >= 0.3 is 6.03 Å². The second-order valence-electron chi connectivity index (χ2n) is 6.56. The van der Waals surface area contributed by atoms with Crippen LogP contribution in [0.1, 0.15) is 35.7 Å². The minimum atomic E-state index is -0.233. The zero-order valence-electron chi connectivity index (χ0n) is 14.1. The van der Waals surface area contributed by atoms with E-state index in [-0.39, 0.29) is 12.1 Å². The molecule has 25 heavy (non-hydrogen) atoms. The highest BCUT2D eigenvalue weighted by Gasteiger charge is 2.34. The first kappa shape index (κ1) is 16.0. The van der Waals surface area contributed by atoms with Crippen LogP contribution in [0.15, 0.2) is 30.5 Å². The summed E-state index contributed by atoms with van der Waals surface area (Å²) < 4.78 is 8.54. The first-order valence-electron chi connectivity index (χ1n) is 8.34. The van der Waals surface area contributed by atoms with E-state index in [0.29, 0.717) is 5.92 Å². The third kappa shape index (κ3) is 3.32. The summed E-state index contributed by atoms with van der Waals surface area (Å²) in [6, 6.07) is 7.57. The average Bonchev–Trinajstić information content (AvgIpc) is 3.32. The summed E-state index contributed by atoms with van der Waals surface area (Å²) in [4.78, 5) is 17.1. The van der Waals surface area contributed by atoms with Crippen LogP contribution in [0.4, 0.5) is 10.5 Å². The molecule has 2 aromatic heterocycles. The summed E-state index contributed by atoms with van der Waals surface area (Å²) in [5.74, 6) is 0.456. The molecule has 0 radical (unpaired) electrons. The van der Waals surface area contributed by atoms with E-state index in [1.165, 1.54) is 0 Å². The summed E-state index contributed by atoms with van der Waals surface area (Å²) in [7, 11) is 0. The number of pyridine rings is 1. The maximum Gasteiger partial charge on any atom is 0.319 e. The van der Waals surface area contributed by atoms with Gasteiger partial charge in [0, 0.05) is 6.20 Å². The highest BCUT2D eigenvalue weighted by atomic mass is 32.1.